The lowest BCUT2D eigenvalue weighted by Gasteiger charge is -2.07. The van der Waals surface area contributed by atoms with Gasteiger partial charge in [-0.2, -0.15) is 0 Å². The molecule has 8 heteroatoms. The predicted molar refractivity (Wildman–Crippen MR) is 76.8 cm³/mol. The van der Waals surface area contributed by atoms with Crippen LogP contribution in [0.2, 0.25) is 0 Å². The summed E-state index contributed by atoms with van der Waals surface area (Å²) in [5, 5.41) is 16.4. The number of ether oxygens (including phenoxy) is 1. The third kappa shape index (κ3) is 4.06. The van der Waals surface area contributed by atoms with Gasteiger partial charge in [0.15, 0.2) is 5.16 Å². The molecule has 0 atom stereocenters. The minimum Gasteiger partial charge on any atom is -0.496 e. The molecule has 2 N–H and O–H groups in total. The fourth-order valence-electron chi connectivity index (χ4n) is 1.69. The van der Waals surface area contributed by atoms with Gasteiger partial charge in [0.2, 0.25) is 0 Å². The van der Waals surface area contributed by atoms with Crippen LogP contribution in [0.25, 0.3) is 0 Å². The van der Waals surface area contributed by atoms with Gasteiger partial charge in [-0.3, -0.25) is 14.6 Å². The normalized spacial score (nSPS) is 10.3. The summed E-state index contributed by atoms with van der Waals surface area (Å²) in [4.78, 5) is 24.9. The molecule has 21 heavy (non-hydrogen) atoms. The first-order chi connectivity index (χ1) is 10.1. The SMILES string of the molecule is COc1ccccc1Cc1nnc(SCC(=O)O)[nH]c1=O. The van der Waals surface area contributed by atoms with Crippen LogP contribution in [0.1, 0.15) is 11.3 Å². The summed E-state index contributed by atoms with van der Waals surface area (Å²) < 4.78 is 5.22. The Hall–Kier alpha value is -2.35. The summed E-state index contributed by atoms with van der Waals surface area (Å²) in [7, 11) is 1.56. The Labute approximate surface area is 124 Å². The Balaban J connectivity index is 2.18. The van der Waals surface area contributed by atoms with Crippen molar-refractivity contribution in [1.82, 2.24) is 15.2 Å². The van der Waals surface area contributed by atoms with Gasteiger partial charge in [0.1, 0.15) is 11.4 Å². The third-order valence-electron chi connectivity index (χ3n) is 2.63. The number of thioether (sulfide) groups is 1. The number of carboxylic acid groups (broad SMARTS) is 1. The van der Waals surface area contributed by atoms with Gasteiger partial charge in [-0.1, -0.05) is 30.0 Å². The van der Waals surface area contributed by atoms with Crippen LogP contribution in [0.5, 0.6) is 5.75 Å². The molecule has 0 fully saturated rings. The van der Waals surface area contributed by atoms with E-state index in [1.807, 2.05) is 18.2 Å². The summed E-state index contributed by atoms with van der Waals surface area (Å²) in [6.45, 7) is 0. The molecular formula is C13H13N3O4S. The highest BCUT2D eigenvalue weighted by Crippen LogP contribution is 2.19. The highest BCUT2D eigenvalue weighted by Gasteiger charge is 2.10. The second-order valence-electron chi connectivity index (χ2n) is 4.08. The number of rotatable bonds is 6. The van der Waals surface area contributed by atoms with Gasteiger partial charge in [0.05, 0.1) is 12.9 Å². The fourth-order valence-corrected chi connectivity index (χ4v) is 2.21. The molecule has 2 aromatic rings. The average molecular weight is 307 g/mol. The van der Waals surface area contributed by atoms with Crippen molar-refractivity contribution in [2.24, 2.45) is 0 Å². The summed E-state index contributed by atoms with van der Waals surface area (Å²) in [5.74, 6) is -0.500. The van der Waals surface area contributed by atoms with Gasteiger partial charge < -0.3 is 9.84 Å². The van der Waals surface area contributed by atoms with Crippen LogP contribution in [0.3, 0.4) is 0 Å². The largest absolute Gasteiger partial charge is 0.496 e. The van der Waals surface area contributed by atoms with E-state index in [4.69, 9.17) is 9.84 Å². The Morgan fingerprint density at radius 3 is 2.81 bits per heavy atom. The maximum Gasteiger partial charge on any atom is 0.313 e. The molecule has 7 nitrogen and oxygen atoms in total. The minimum absolute atomic E-state index is 0.184. The Morgan fingerprint density at radius 2 is 2.14 bits per heavy atom. The van der Waals surface area contributed by atoms with Crippen molar-refractivity contribution >= 4 is 17.7 Å². The number of hydrogen-bond acceptors (Lipinski definition) is 6. The van der Waals surface area contributed by atoms with Crippen molar-refractivity contribution in [3.63, 3.8) is 0 Å². The number of nitrogens with zero attached hydrogens (tertiary/aromatic N) is 2. The zero-order valence-electron chi connectivity index (χ0n) is 11.2. The third-order valence-corrected chi connectivity index (χ3v) is 3.48. The molecule has 0 bridgehead atoms. The first kappa shape index (κ1) is 15.0. The molecule has 1 heterocycles. The monoisotopic (exact) mass is 307 g/mol. The van der Waals surface area contributed by atoms with Gasteiger partial charge in [-0.15, -0.1) is 10.2 Å². The topological polar surface area (TPSA) is 105 Å². The van der Waals surface area contributed by atoms with Crippen molar-refractivity contribution < 1.29 is 14.6 Å². The number of methoxy groups -OCH3 is 1. The molecule has 0 amide bonds. The van der Waals surface area contributed by atoms with Crippen LogP contribution in [0, 0.1) is 0 Å². The number of aromatic amines is 1. The molecular weight excluding hydrogens is 294 g/mol. The summed E-state index contributed by atoms with van der Waals surface area (Å²) in [5.41, 5.74) is 0.689. The van der Waals surface area contributed by atoms with Gasteiger partial charge >= 0.3 is 5.97 Å². The fraction of sp³-hybridized carbons (Fsp3) is 0.231. The van der Waals surface area contributed by atoms with Crippen LogP contribution in [-0.2, 0) is 11.2 Å². The van der Waals surface area contributed by atoms with Crippen LogP contribution in [-0.4, -0.2) is 39.1 Å². The number of aromatic nitrogens is 3. The molecule has 0 saturated heterocycles. The molecule has 0 aliphatic carbocycles. The maximum absolute atomic E-state index is 11.9. The van der Waals surface area contributed by atoms with Gasteiger partial charge in [-0.05, 0) is 6.07 Å². The lowest BCUT2D eigenvalue weighted by Crippen LogP contribution is -2.18. The molecule has 0 unspecified atom stereocenters. The van der Waals surface area contributed by atoms with Crippen molar-refractivity contribution in [2.45, 2.75) is 11.6 Å². The molecule has 110 valence electrons. The van der Waals surface area contributed by atoms with Gasteiger partial charge in [-0.25, -0.2) is 0 Å². The van der Waals surface area contributed by atoms with E-state index in [9.17, 15) is 9.59 Å². The molecule has 2 rings (SSSR count). The Kier molecular flexibility index (Phi) is 4.94. The second kappa shape index (κ2) is 6.89. The molecule has 0 aliphatic heterocycles. The molecule has 1 aromatic heterocycles. The number of para-hydroxylation sites is 1. The molecule has 1 aromatic carbocycles. The summed E-state index contributed by atoms with van der Waals surface area (Å²) in [6, 6.07) is 7.32. The van der Waals surface area contributed by atoms with Crippen molar-refractivity contribution in [3.05, 3.63) is 45.9 Å². The summed E-state index contributed by atoms with van der Waals surface area (Å²) in [6.07, 6.45) is 0.288. The second-order valence-corrected chi connectivity index (χ2v) is 5.04. The van der Waals surface area contributed by atoms with E-state index in [1.54, 1.807) is 13.2 Å². The Morgan fingerprint density at radius 1 is 1.38 bits per heavy atom. The van der Waals surface area contributed by atoms with E-state index < -0.39 is 5.97 Å². The number of benzene rings is 1. The highest BCUT2D eigenvalue weighted by molar-refractivity contribution is 7.99. The number of carboxylic acids is 1. The van der Waals surface area contributed by atoms with E-state index in [1.165, 1.54) is 0 Å². The number of aliphatic carboxylic acids is 1. The van der Waals surface area contributed by atoms with Crippen molar-refractivity contribution in [2.75, 3.05) is 12.9 Å². The van der Waals surface area contributed by atoms with E-state index in [-0.39, 0.29) is 28.6 Å². The van der Waals surface area contributed by atoms with Crippen molar-refractivity contribution in [3.8, 4) is 5.75 Å². The van der Waals surface area contributed by atoms with Crippen LogP contribution < -0.4 is 10.3 Å². The molecule has 0 aliphatic rings. The molecule has 0 radical (unpaired) electrons. The smallest absolute Gasteiger partial charge is 0.313 e. The lowest BCUT2D eigenvalue weighted by molar-refractivity contribution is -0.133. The van der Waals surface area contributed by atoms with E-state index in [0.717, 1.165) is 17.3 Å². The van der Waals surface area contributed by atoms with Gasteiger partial charge in [0, 0.05) is 12.0 Å². The summed E-state index contributed by atoms with van der Waals surface area (Å²) >= 11 is 0.912. The number of H-pyrrole nitrogens is 1. The standard InChI is InChI=1S/C13H13N3O4S/c1-20-10-5-3-2-4-8(10)6-9-12(19)14-13(16-15-9)21-7-11(17)18/h2-5H,6-7H2,1H3,(H,17,18)(H,14,16,19). The van der Waals surface area contributed by atoms with Crippen LogP contribution in [0.15, 0.2) is 34.2 Å². The number of hydrogen-bond donors (Lipinski definition) is 2. The predicted octanol–water partition coefficient (Wildman–Crippen LogP) is 0.941. The van der Waals surface area contributed by atoms with E-state index in [2.05, 4.69) is 15.2 Å². The van der Waals surface area contributed by atoms with Crippen molar-refractivity contribution in [1.29, 1.82) is 0 Å². The number of nitrogens with one attached hydrogen (secondary N) is 1. The first-order valence-corrected chi connectivity index (χ1v) is 7.01. The quantitative estimate of drug-likeness (QED) is 0.765. The van der Waals surface area contributed by atoms with Crippen LogP contribution in [0.4, 0.5) is 0 Å². The molecule has 0 spiro atoms. The van der Waals surface area contributed by atoms with Gasteiger partial charge in [0.25, 0.3) is 5.56 Å². The zero-order valence-corrected chi connectivity index (χ0v) is 12.0. The van der Waals surface area contributed by atoms with Crippen LogP contribution >= 0.6 is 11.8 Å². The van der Waals surface area contributed by atoms with E-state index >= 15 is 0 Å². The maximum atomic E-state index is 11.9. The van der Waals surface area contributed by atoms with E-state index in [0.29, 0.717) is 5.75 Å². The first-order valence-electron chi connectivity index (χ1n) is 6.02. The minimum atomic E-state index is -0.985. The number of carbonyl (C=O) groups is 1. The average Bonchev–Trinajstić information content (AvgIpc) is 2.48. The zero-order chi connectivity index (χ0) is 15.2. The Bertz CT molecular complexity index is 702. The molecule has 0 saturated carbocycles. The lowest BCUT2D eigenvalue weighted by atomic mass is 10.1. The highest BCUT2D eigenvalue weighted by atomic mass is 32.2.